The molecule has 2 aromatic carbocycles. The van der Waals surface area contributed by atoms with E-state index in [1.165, 1.54) is 0 Å². The summed E-state index contributed by atoms with van der Waals surface area (Å²) in [6.45, 7) is 2.60. The zero-order valence-corrected chi connectivity index (χ0v) is 14.9. The van der Waals surface area contributed by atoms with Gasteiger partial charge in [0.25, 0.3) is 5.89 Å². The van der Waals surface area contributed by atoms with Crippen molar-refractivity contribution in [2.24, 2.45) is 0 Å². The average Bonchev–Trinajstić information content (AvgIpc) is 3.31. The second-order valence-electron chi connectivity index (χ2n) is 6.31. The maximum absolute atomic E-state index is 10.7. The Hall–Kier alpha value is -3.54. The number of aryl methyl sites for hydroxylation is 1. The summed E-state index contributed by atoms with van der Waals surface area (Å²) in [7, 11) is 0. The molecule has 0 bridgehead atoms. The number of carbonyl (C=O) groups is 1. The smallest absolute Gasteiger partial charge is 0.278 e. The van der Waals surface area contributed by atoms with Crippen LogP contribution in [0.15, 0.2) is 65.2 Å². The van der Waals surface area contributed by atoms with Crippen LogP contribution in [-0.4, -0.2) is 26.2 Å². The zero-order chi connectivity index (χ0) is 18.6. The highest BCUT2D eigenvalue weighted by Crippen LogP contribution is 2.22. The van der Waals surface area contributed by atoms with Crippen molar-refractivity contribution in [1.82, 2.24) is 19.9 Å². The third-order valence-electron chi connectivity index (χ3n) is 4.30. The summed E-state index contributed by atoms with van der Waals surface area (Å²) in [5.41, 5.74) is 4.62. The maximum Gasteiger partial charge on any atom is 0.278 e. The average molecular weight is 358 g/mol. The summed E-state index contributed by atoms with van der Waals surface area (Å²) in [6.07, 6.45) is 1.33. The summed E-state index contributed by atoms with van der Waals surface area (Å²) >= 11 is 0. The van der Waals surface area contributed by atoms with E-state index in [-0.39, 0.29) is 0 Å². The van der Waals surface area contributed by atoms with Crippen molar-refractivity contribution >= 4 is 6.29 Å². The molecule has 0 radical (unpaired) electrons. The minimum atomic E-state index is 0.394. The van der Waals surface area contributed by atoms with Gasteiger partial charge in [-0.1, -0.05) is 59.8 Å². The highest BCUT2D eigenvalue weighted by molar-refractivity contribution is 5.57. The van der Waals surface area contributed by atoms with Crippen molar-refractivity contribution in [2.75, 3.05) is 0 Å². The number of benzene rings is 2. The van der Waals surface area contributed by atoms with Crippen LogP contribution in [0, 0.1) is 6.92 Å². The highest BCUT2D eigenvalue weighted by atomic mass is 16.5. The van der Waals surface area contributed by atoms with Crippen LogP contribution in [0.25, 0.3) is 23.0 Å². The van der Waals surface area contributed by atoms with E-state index in [0.29, 0.717) is 30.4 Å². The Labute approximate surface area is 156 Å². The van der Waals surface area contributed by atoms with Crippen LogP contribution in [0.2, 0.25) is 0 Å². The molecule has 0 aliphatic carbocycles. The predicted molar refractivity (Wildman–Crippen MR) is 101 cm³/mol. The van der Waals surface area contributed by atoms with Gasteiger partial charge in [-0.3, -0.25) is 4.68 Å². The fraction of sp³-hybridized carbons (Fsp3) is 0.143. The third kappa shape index (κ3) is 3.69. The second-order valence-corrected chi connectivity index (χ2v) is 6.31. The summed E-state index contributed by atoms with van der Waals surface area (Å²) in [6, 6.07) is 19.6. The number of aldehydes is 1. The van der Waals surface area contributed by atoms with E-state index in [9.17, 15) is 4.79 Å². The summed E-state index contributed by atoms with van der Waals surface area (Å²) in [5, 5.41) is 8.66. The monoisotopic (exact) mass is 358 g/mol. The van der Waals surface area contributed by atoms with Gasteiger partial charge in [0, 0.05) is 17.7 Å². The molecular weight excluding hydrogens is 340 g/mol. The largest absolute Gasteiger partial charge is 0.332 e. The van der Waals surface area contributed by atoms with Crippen LogP contribution < -0.4 is 0 Å². The van der Waals surface area contributed by atoms with E-state index >= 15 is 0 Å². The van der Waals surface area contributed by atoms with Crippen molar-refractivity contribution in [3.8, 4) is 23.0 Å². The number of hydrogen-bond acceptors (Lipinski definition) is 5. The van der Waals surface area contributed by atoms with E-state index in [4.69, 9.17) is 4.52 Å². The zero-order valence-electron chi connectivity index (χ0n) is 14.9. The minimum absolute atomic E-state index is 0.394. The molecular formula is C21H18N4O2. The molecule has 2 aromatic heterocycles. The highest BCUT2D eigenvalue weighted by Gasteiger charge is 2.15. The standard InChI is InChI=1S/C21H18N4O2/c1-15-12-19(21-22-20(24-27-21)18-8-3-2-4-9-18)23-25(15)14-17-7-5-6-16(13-17)10-11-26/h2-9,11-13H,10,14H2,1H3. The van der Waals surface area contributed by atoms with Gasteiger partial charge in [-0.05, 0) is 24.1 Å². The summed E-state index contributed by atoms with van der Waals surface area (Å²) < 4.78 is 7.29. The van der Waals surface area contributed by atoms with Crippen molar-refractivity contribution in [3.63, 3.8) is 0 Å². The van der Waals surface area contributed by atoms with Gasteiger partial charge in [0.15, 0.2) is 5.69 Å². The number of hydrogen-bond donors (Lipinski definition) is 0. The van der Waals surface area contributed by atoms with Crippen molar-refractivity contribution in [3.05, 3.63) is 77.5 Å². The lowest BCUT2D eigenvalue weighted by Crippen LogP contribution is -2.04. The first kappa shape index (κ1) is 16.9. The Bertz CT molecular complexity index is 1070. The number of rotatable bonds is 6. The molecule has 0 aliphatic heterocycles. The first-order valence-electron chi connectivity index (χ1n) is 8.68. The van der Waals surface area contributed by atoms with Gasteiger partial charge < -0.3 is 9.32 Å². The Morgan fingerprint density at radius 2 is 1.85 bits per heavy atom. The Morgan fingerprint density at radius 1 is 1.04 bits per heavy atom. The van der Waals surface area contributed by atoms with Gasteiger partial charge in [0.2, 0.25) is 5.82 Å². The SMILES string of the molecule is Cc1cc(-c2nc(-c3ccccc3)no2)nn1Cc1cccc(CC=O)c1. The second kappa shape index (κ2) is 7.37. The topological polar surface area (TPSA) is 73.8 Å². The lowest BCUT2D eigenvalue weighted by atomic mass is 10.1. The first-order valence-corrected chi connectivity index (χ1v) is 8.68. The molecule has 0 saturated heterocycles. The summed E-state index contributed by atoms with van der Waals surface area (Å²) in [4.78, 5) is 15.2. The molecule has 0 atom stereocenters. The van der Waals surface area contributed by atoms with E-state index in [2.05, 4.69) is 15.2 Å². The summed E-state index contributed by atoms with van der Waals surface area (Å²) in [5.74, 6) is 0.935. The molecule has 0 fully saturated rings. The Kier molecular flexibility index (Phi) is 4.61. The third-order valence-corrected chi connectivity index (χ3v) is 4.30. The Morgan fingerprint density at radius 3 is 2.67 bits per heavy atom. The quantitative estimate of drug-likeness (QED) is 0.491. The normalized spacial score (nSPS) is 10.9. The van der Waals surface area contributed by atoms with Crippen LogP contribution in [0.4, 0.5) is 0 Å². The van der Waals surface area contributed by atoms with Crippen LogP contribution in [-0.2, 0) is 17.8 Å². The lowest BCUT2D eigenvalue weighted by molar-refractivity contribution is -0.107. The fourth-order valence-electron chi connectivity index (χ4n) is 2.93. The van der Waals surface area contributed by atoms with E-state index in [1.807, 2.05) is 72.3 Å². The van der Waals surface area contributed by atoms with Gasteiger partial charge in [-0.15, -0.1) is 0 Å². The lowest BCUT2D eigenvalue weighted by Gasteiger charge is -2.06. The van der Waals surface area contributed by atoms with E-state index in [0.717, 1.165) is 28.7 Å². The van der Waals surface area contributed by atoms with Crippen molar-refractivity contribution < 1.29 is 9.32 Å². The van der Waals surface area contributed by atoms with Crippen molar-refractivity contribution in [1.29, 1.82) is 0 Å². The van der Waals surface area contributed by atoms with Crippen molar-refractivity contribution in [2.45, 2.75) is 19.9 Å². The number of nitrogens with zero attached hydrogens (tertiary/aromatic N) is 4. The van der Waals surface area contributed by atoms with Gasteiger partial charge in [0.1, 0.15) is 6.29 Å². The molecule has 0 N–H and O–H groups in total. The van der Waals surface area contributed by atoms with Gasteiger partial charge in [-0.25, -0.2) is 0 Å². The van der Waals surface area contributed by atoms with E-state index < -0.39 is 0 Å². The molecule has 0 amide bonds. The molecule has 4 aromatic rings. The molecule has 27 heavy (non-hydrogen) atoms. The molecule has 0 unspecified atom stereocenters. The van der Waals surface area contributed by atoms with E-state index in [1.54, 1.807) is 0 Å². The maximum atomic E-state index is 10.7. The molecule has 0 aliphatic rings. The first-order chi connectivity index (χ1) is 13.2. The predicted octanol–water partition coefficient (Wildman–Crippen LogP) is 3.70. The molecule has 6 heteroatoms. The van der Waals surface area contributed by atoms with Crippen LogP contribution in [0.1, 0.15) is 16.8 Å². The molecule has 2 heterocycles. The number of carbonyl (C=O) groups excluding carboxylic acids is 1. The fourth-order valence-corrected chi connectivity index (χ4v) is 2.93. The minimum Gasteiger partial charge on any atom is -0.332 e. The van der Waals surface area contributed by atoms with Gasteiger partial charge >= 0.3 is 0 Å². The Balaban J connectivity index is 1.58. The van der Waals surface area contributed by atoms with Gasteiger partial charge in [0.05, 0.1) is 6.54 Å². The van der Waals surface area contributed by atoms with Gasteiger partial charge in [-0.2, -0.15) is 10.1 Å². The molecule has 0 spiro atoms. The molecule has 134 valence electrons. The van der Waals surface area contributed by atoms with Crippen LogP contribution in [0.5, 0.6) is 0 Å². The molecule has 6 nitrogen and oxygen atoms in total. The van der Waals surface area contributed by atoms with Crippen LogP contribution in [0.3, 0.4) is 0 Å². The molecule has 0 saturated carbocycles. The molecule has 4 rings (SSSR count). The van der Waals surface area contributed by atoms with Crippen LogP contribution >= 0.6 is 0 Å². The number of aromatic nitrogens is 4.